The second kappa shape index (κ2) is 20.4. The van der Waals surface area contributed by atoms with Gasteiger partial charge in [0.1, 0.15) is 6.61 Å². The lowest BCUT2D eigenvalue weighted by atomic mass is 10.0. The van der Waals surface area contributed by atoms with Crippen molar-refractivity contribution in [2.24, 2.45) is 0 Å². The van der Waals surface area contributed by atoms with Gasteiger partial charge in [0, 0.05) is 30.2 Å². The zero-order valence-electron chi connectivity index (χ0n) is 23.3. The van der Waals surface area contributed by atoms with Gasteiger partial charge < -0.3 is 9.47 Å². The zero-order valence-corrected chi connectivity index (χ0v) is 24.2. The highest BCUT2D eigenvalue weighted by Gasteiger charge is 2.32. The Balaban J connectivity index is 1.36. The minimum Gasteiger partial charge on any atom is -0.448 e. The SMILES string of the molecule is CCCCCCCCCCCCCCCCOCC1CC(COC(=O)N(Cc2ccccn2)C(C)=O)S1. The van der Waals surface area contributed by atoms with Crippen LogP contribution in [0.4, 0.5) is 4.79 Å². The molecular formula is C30H50N2O4S. The Morgan fingerprint density at radius 1 is 0.892 bits per heavy atom. The first kappa shape index (κ1) is 31.6. The molecule has 2 rings (SSSR count). The van der Waals surface area contributed by atoms with E-state index in [1.54, 1.807) is 18.3 Å². The molecule has 2 amide bonds. The van der Waals surface area contributed by atoms with Crippen molar-refractivity contribution < 1.29 is 19.1 Å². The van der Waals surface area contributed by atoms with Crippen LogP contribution in [0.2, 0.25) is 0 Å². The molecule has 0 bridgehead atoms. The van der Waals surface area contributed by atoms with Crippen molar-refractivity contribution >= 4 is 23.8 Å². The Morgan fingerprint density at radius 2 is 1.46 bits per heavy atom. The molecular weight excluding hydrogens is 484 g/mol. The summed E-state index contributed by atoms with van der Waals surface area (Å²) in [6, 6.07) is 5.42. The highest BCUT2D eigenvalue weighted by Crippen LogP contribution is 2.37. The molecule has 1 aromatic heterocycles. The highest BCUT2D eigenvalue weighted by atomic mass is 32.2. The van der Waals surface area contributed by atoms with Crippen molar-refractivity contribution in [2.45, 2.75) is 127 Å². The lowest BCUT2D eigenvalue weighted by molar-refractivity contribution is -0.127. The molecule has 1 aliphatic rings. The van der Waals surface area contributed by atoms with Crippen LogP contribution in [0.5, 0.6) is 0 Å². The number of amides is 2. The average Bonchev–Trinajstić information content (AvgIpc) is 2.87. The van der Waals surface area contributed by atoms with Crippen molar-refractivity contribution in [3.8, 4) is 0 Å². The quantitative estimate of drug-likeness (QED) is 0.149. The van der Waals surface area contributed by atoms with Gasteiger partial charge in [0.05, 0.1) is 18.8 Å². The van der Waals surface area contributed by atoms with Gasteiger partial charge in [-0.1, -0.05) is 96.5 Å². The standard InChI is InChI=1S/C30H50N2O4S/c1-3-4-5-6-7-8-9-10-11-12-13-14-15-18-21-35-24-28-22-29(37-28)25-36-30(34)32(26(2)33)23-27-19-16-17-20-31-27/h16-17,19-20,28-29H,3-15,18,21-25H2,1-2H3. The first-order valence-corrected chi connectivity index (χ1v) is 15.6. The molecule has 0 aliphatic carbocycles. The summed E-state index contributed by atoms with van der Waals surface area (Å²) < 4.78 is 11.3. The fourth-order valence-corrected chi connectivity index (χ4v) is 5.78. The fraction of sp³-hybridized carbons (Fsp3) is 0.767. The van der Waals surface area contributed by atoms with E-state index >= 15 is 0 Å². The normalized spacial score (nSPS) is 16.8. The van der Waals surface area contributed by atoms with Gasteiger partial charge in [-0.2, -0.15) is 0 Å². The fourth-order valence-electron chi connectivity index (χ4n) is 4.58. The first-order valence-electron chi connectivity index (χ1n) is 14.7. The lowest BCUT2D eigenvalue weighted by Crippen LogP contribution is -2.39. The number of ether oxygens (including phenoxy) is 2. The number of rotatable bonds is 21. The van der Waals surface area contributed by atoms with Crippen LogP contribution in [0.3, 0.4) is 0 Å². The number of imide groups is 1. The summed E-state index contributed by atoms with van der Waals surface area (Å²) in [6.07, 6.45) is 21.2. The Morgan fingerprint density at radius 3 is 2.00 bits per heavy atom. The van der Waals surface area contributed by atoms with Gasteiger partial charge in [0.25, 0.3) is 0 Å². The summed E-state index contributed by atoms with van der Waals surface area (Å²) in [5, 5.41) is 0.759. The smallest absolute Gasteiger partial charge is 0.416 e. The van der Waals surface area contributed by atoms with Gasteiger partial charge >= 0.3 is 6.09 Å². The second-order valence-electron chi connectivity index (χ2n) is 10.3. The molecule has 1 saturated heterocycles. The topological polar surface area (TPSA) is 68.7 Å². The predicted molar refractivity (Wildman–Crippen MR) is 153 cm³/mol. The van der Waals surface area contributed by atoms with Crippen LogP contribution in [-0.4, -0.2) is 52.2 Å². The van der Waals surface area contributed by atoms with E-state index in [-0.39, 0.29) is 17.7 Å². The third kappa shape index (κ3) is 14.8. The molecule has 2 atom stereocenters. The molecule has 37 heavy (non-hydrogen) atoms. The van der Waals surface area contributed by atoms with Crippen LogP contribution < -0.4 is 0 Å². The summed E-state index contributed by atoms with van der Waals surface area (Å²) >= 11 is 1.81. The van der Waals surface area contributed by atoms with E-state index in [4.69, 9.17) is 9.47 Å². The number of hydrogen-bond acceptors (Lipinski definition) is 6. The van der Waals surface area contributed by atoms with E-state index in [0.29, 0.717) is 17.6 Å². The average molecular weight is 535 g/mol. The molecule has 0 saturated carbocycles. The maximum atomic E-state index is 12.4. The van der Waals surface area contributed by atoms with E-state index in [9.17, 15) is 9.59 Å². The summed E-state index contributed by atoms with van der Waals surface area (Å²) in [4.78, 5) is 29.5. The van der Waals surface area contributed by atoms with Gasteiger partial charge in [-0.05, 0) is 25.0 Å². The summed E-state index contributed by atoms with van der Waals surface area (Å²) in [5.41, 5.74) is 0.656. The molecule has 0 radical (unpaired) electrons. The molecule has 1 fully saturated rings. The Bertz CT molecular complexity index is 728. The number of aromatic nitrogens is 1. The van der Waals surface area contributed by atoms with Crippen molar-refractivity contribution in [2.75, 3.05) is 19.8 Å². The maximum Gasteiger partial charge on any atom is 0.416 e. The van der Waals surface area contributed by atoms with Crippen LogP contribution in [0.15, 0.2) is 24.4 Å². The molecule has 2 unspecified atom stereocenters. The summed E-state index contributed by atoms with van der Waals surface area (Å²) in [6.45, 7) is 5.71. The first-order chi connectivity index (χ1) is 18.1. The highest BCUT2D eigenvalue weighted by molar-refractivity contribution is 8.01. The molecule has 1 aliphatic heterocycles. The van der Waals surface area contributed by atoms with E-state index in [1.165, 1.54) is 90.4 Å². The van der Waals surface area contributed by atoms with Crippen molar-refractivity contribution in [1.82, 2.24) is 9.88 Å². The largest absolute Gasteiger partial charge is 0.448 e. The van der Waals surface area contributed by atoms with E-state index in [0.717, 1.165) is 31.0 Å². The second-order valence-corrected chi connectivity index (χ2v) is 11.9. The monoisotopic (exact) mass is 534 g/mol. The number of carbonyl (C=O) groups excluding carboxylic acids is 2. The molecule has 0 N–H and O–H groups in total. The third-order valence-electron chi connectivity index (χ3n) is 6.90. The Hall–Kier alpha value is -1.60. The van der Waals surface area contributed by atoms with Crippen LogP contribution in [0.25, 0.3) is 0 Å². The molecule has 0 spiro atoms. The number of unbranched alkanes of at least 4 members (excludes halogenated alkanes) is 13. The number of carbonyl (C=O) groups is 2. The lowest BCUT2D eigenvalue weighted by Gasteiger charge is -2.34. The molecule has 2 heterocycles. The van der Waals surface area contributed by atoms with Gasteiger partial charge in [0.2, 0.25) is 5.91 Å². The van der Waals surface area contributed by atoms with Gasteiger partial charge in [-0.25, -0.2) is 9.69 Å². The van der Waals surface area contributed by atoms with E-state index in [1.807, 2.05) is 17.8 Å². The van der Waals surface area contributed by atoms with E-state index in [2.05, 4.69) is 11.9 Å². The Kier molecular flexibility index (Phi) is 17.4. The molecule has 7 heteroatoms. The van der Waals surface area contributed by atoms with Gasteiger partial charge in [-0.15, -0.1) is 11.8 Å². The van der Waals surface area contributed by atoms with Gasteiger partial charge in [0.15, 0.2) is 0 Å². The summed E-state index contributed by atoms with van der Waals surface area (Å²) in [5.74, 6) is -0.341. The van der Waals surface area contributed by atoms with Crippen molar-refractivity contribution in [3.63, 3.8) is 0 Å². The summed E-state index contributed by atoms with van der Waals surface area (Å²) in [7, 11) is 0. The molecule has 1 aromatic rings. The minimum atomic E-state index is -0.601. The van der Waals surface area contributed by atoms with Crippen LogP contribution in [-0.2, 0) is 20.8 Å². The zero-order chi connectivity index (χ0) is 26.6. The van der Waals surface area contributed by atoms with Crippen LogP contribution >= 0.6 is 11.8 Å². The maximum absolute atomic E-state index is 12.4. The van der Waals surface area contributed by atoms with Crippen molar-refractivity contribution in [3.05, 3.63) is 30.1 Å². The minimum absolute atomic E-state index is 0.128. The molecule has 6 nitrogen and oxygen atoms in total. The van der Waals surface area contributed by atoms with E-state index < -0.39 is 6.09 Å². The van der Waals surface area contributed by atoms with Crippen LogP contribution in [0, 0.1) is 0 Å². The molecule has 210 valence electrons. The third-order valence-corrected chi connectivity index (χ3v) is 8.32. The predicted octanol–water partition coefficient (Wildman–Crippen LogP) is 7.94. The number of thioether (sulfide) groups is 1. The molecule has 0 aromatic carbocycles. The van der Waals surface area contributed by atoms with Gasteiger partial charge in [-0.3, -0.25) is 9.78 Å². The van der Waals surface area contributed by atoms with Crippen molar-refractivity contribution in [1.29, 1.82) is 0 Å². The number of nitrogens with zero attached hydrogens (tertiary/aromatic N) is 2. The van der Waals surface area contributed by atoms with Crippen LogP contribution in [0.1, 0.15) is 116 Å². The Labute approximate surface area is 229 Å². The number of hydrogen-bond donors (Lipinski definition) is 0. The number of pyridine rings is 1.